The van der Waals surface area contributed by atoms with Crippen LogP contribution in [0.5, 0.6) is 0 Å². The molecule has 0 aliphatic carbocycles. The maximum absolute atomic E-state index is 3.83. The van der Waals surface area contributed by atoms with Crippen LogP contribution in [0.1, 0.15) is 47.3 Å². The van der Waals surface area contributed by atoms with Crippen LogP contribution in [0.15, 0.2) is 73.1 Å². The van der Waals surface area contributed by atoms with Crippen LogP contribution in [-0.4, -0.2) is 6.66 Å². The van der Waals surface area contributed by atoms with E-state index in [0.717, 1.165) is 5.57 Å². The van der Waals surface area contributed by atoms with Gasteiger partial charge in [0.15, 0.2) is 0 Å². The normalized spacial score (nSPS) is 8.46. The van der Waals surface area contributed by atoms with Crippen molar-refractivity contribution >= 4 is 29.6 Å². The van der Waals surface area contributed by atoms with Gasteiger partial charge in [0.25, 0.3) is 0 Å². The van der Waals surface area contributed by atoms with Gasteiger partial charge in [0.1, 0.15) is 0 Å². The summed E-state index contributed by atoms with van der Waals surface area (Å²) >= 11 is 0. The van der Waals surface area contributed by atoms with Crippen LogP contribution in [-0.2, 0) is 0 Å². The molecule has 0 aromatic heterocycles. The highest BCUT2D eigenvalue weighted by molar-refractivity contribution is 7.21. The van der Waals surface area contributed by atoms with E-state index >= 15 is 0 Å². The van der Waals surface area contributed by atoms with Crippen molar-refractivity contribution < 1.29 is 0 Å². The molecule has 136 valence electrons. The Bertz CT molecular complexity index is 528. The fourth-order valence-corrected chi connectivity index (χ4v) is 1.71. The highest BCUT2D eigenvalue weighted by Gasteiger charge is 1.89. The average molecular weight is 364 g/mol. The predicted molar refractivity (Wildman–Crippen MR) is 127 cm³/mol. The van der Waals surface area contributed by atoms with Crippen molar-refractivity contribution in [3.8, 4) is 0 Å². The second kappa shape index (κ2) is 19.8. The first-order valence-electron chi connectivity index (χ1n) is 6.87. The summed E-state index contributed by atoms with van der Waals surface area (Å²) in [5, 5.41) is 0. The zero-order valence-corrected chi connectivity index (χ0v) is 15.5. The lowest BCUT2D eigenvalue weighted by atomic mass is 10.1. The van der Waals surface area contributed by atoms with Crippen LogP contribution in [0, 0.1) is 0 Å². The van der Waals surface area contributed by atoms with Crippen LogP contribution in [0.2, 0.25) is 0 Å². The van der Waals surface area contributed by atoms with Gasteiger partial charge in [-0.2, -0.15) is 0 Å². The van der Waals surface area contributed by atoms with Gasteiger partial charge in [-0.15, -0.1) is 18.5 Å². The molecule has 0 saturated heterocycles. The Labute approximate surface area is 156 Å². The summed E-state index contributed by atoms with van der Waals surface area (Å²) in [7, 11) is 5.02. The Morgan fingerprint density at radius 3 is 1.33 bits per heavy atom. The number of benzene rings is 2. The van der Waals surface area contributed by atoms with Gasteiger partial charge in [-0.1, -0.05) is 108 Å². The molecular weight excluding hydrogens is 326 g/mol. The minimum absolute atomic E-state index is 0. The fourth-order valence-electron chi connectivity index (χ4n) is 1.52. The van der Waals surface area contributed by atoms with E-state index in [1.807, 2.05) is 55.8 Å². The fraction of sp³-hybridized carbons (Fsp3) is 0.273. The van der Waals surface area contributed by atoms with Crippen LogP contribution in [0.3, 0.4) is 0 Å². The van der Waals surface area contributed by atoms with Crippen molar-refractivity contribution in [3.63, 3.8) is 0 Å². The van der Waals surface area contributed by atoms with E-state index in [9.17, 15) is 0 Å². The SMILES string of the molecule is C.C.C.C=C(C)c1ccccc1.CC(=CP)c1ccccc1.CP. The van der Waals surface area contributed by atoms with Crippen molar-refractivity contribution in [1.29, 1.82) is 0 Å². The Morgan fingerprint density at radius 1 is 0.750 bits per heavy atom. The summed E-state index contributed by atoms with van der Waals surface area (Å²) in [4.78, 5) is 0. The van der Waals surface area contributed by atoms with Crippen molar-refractivity contribution in [2.24, 2.45) is 0 Å². The highest BCUT2D eigenvalue weighted by atomic mass is 31.0. The summed E-state index contributed by atoms with van der Waals surface area (Å²) in [6.45, 7) is 9.85. The molecule has 2 heteroatoms. The van der Waals surface area contributed by atoms with E-state index in [1.165, 1.54) is 16.7 Å². The minimum Gasteiger partial charge on any atom is -0.141 e. The molecule has 0 amide bonds. The molecule has 2 atom stereocenters. The zero-order chi connectivity index (χ0) is 16.1. The molecule has 0 bridgehead atoms. The molecule has 0 N–H and O–H groups in total. The molecule has 2 aromatic carbocycles. The molecule has 0 aliphatic heterocycles. The summed E-state index contributed by atoms with van der Waals surface area (Å²) in [6.07, 6.45) is 0. The molecule has 0 heterocycles. The molecule has 0 spiro atoms. The first-order valence-corrected chi connectivity index (χ1v) is 8.70. The van der Waals surface area contributed by atoms with Gasteiger partial charge in [0.05, 0.1) is 0 Å². The summed E-state index contributed by atoms with van der Waals surface area (Å²) in [5.74, 6) is 2.04. The lowest BCUT2D eigenvalue weighted by Gasteiger charge is -1.97. The third-order valence-electron chi connectivity index (χ3n) is 2.75. The van der Waals surface area contributed by atoms with Gasteiger partial charge in [-0.05, 0) is 30.5 Å². The molecule has 0 saturated carbocycles. The van der Waals surface area contributed by atoms with E-state index in [2.05, 4.69) is 56.2 Å². The maximum atomic E-state index is 3.83. The van der Waals surface area contributed by atoms with Crippen LogP contribution < -0.4 is 0 Å². The third kappa shape index (κ3) is 13.2. The van der Waals surface area contributed by atoms with Crippen LogP contribution >= 0.6 is 18.5 Å². The second-order valence-corrected chi connectivity index (χ2v) is 4.70. The van der Waals surface area contributed by atoms with E-state index in [4.69, 9.17) is 0 Å². The van der Waals surface area contributed by atoms with E-state index in [1.54, 1.807) is 0 Å². The molecule has 2 aromatic rings. The monoisotopic (exact) mass is 364 g/mol. The maximum Gasteiger partial charge on any atom is -0.0227 e. The smallest absolute Gasteiger partial charge is 0.0227 e. The van der Waals surface area contributed by atoms with Gasteiger partial charge in [-0.25, -0.2) is 0 Å². The summed E-state index contributed by atoms with van der Waals surface area (Å²) in [6, 6.07) is 20.5. The summed E-state index contributed by atoms with van der Waals surface area (Å²) < 4.78 is 0. The number of hydrogen-bond acceptors (Lipinski definition) is 0. The Balaban J connectivity index is -0.000000136. The van der Waals surface area contributed by atoms with E-state index in [-0.39, 0.29) is 22.3 Å². The molecule has 2 rings (SSSR count). The largest absolute Gasteiger partial charge is 0.141 e. The zero-order valence-electron chi connectivity index (χ0n) is 13.2. The minimum atomic E-state index is 0. The second-order valence-electron chi connectivity index (χ2n) is 4.36. The van der Waals surface area contributed by atoms with Gasteiger partial charge in [0, 0.05) is 0 Å². The topological polar surface area (TPSA) is 0 Å². The lowest BCUT2D eigenvalue weighted by molar-refractivity contribution is 1.58. The van der Waals surface area contributed by atoms with Crippen molar-refractivity contribution in [3.05, 3.63) is 84.2 Å². The van der Waals surface area contributed by atoms with Gasteiger partial charge in [-0.3, -0.25) is 0 Å². The standard InChI is InChI=1S/C9H11P.C9H10.CH5P.3CH4/c1-8(7-10)9-5-3-2-4-6-9;1-8(2)9-6-4-3-5-7-9;1-2;;;/h2-7H,10H2,1H3;3-7H,1H2,2H3;2H2,1H3;3*1H4. The quantitative estimate of drug-likeness (QED) is 0.473. The number of rotatable bonds is 2. The highest BCUT2D eigenvalue weighted by Crippen LogP contribution is 2.13. The first kappa shape index (κ1) is 30.6. The first-order chi connectivity index (χ1) is 10.1. The number of allylic oxidation sites excluding steroid dienone is 2. The predicted octanol–water partition coefficient (Wildman–Crippen LogP) is 8.04. The molecule has 0 aliphatic rings. The molecule has 0 radical (unpaired) electrons. The lowest BCUT2D eigenvalue weighted by Crippen LogP contribution is -1.74. The molecule has 0 nitrogen and oxygen atoms in total. The van der Waals surface area contributed by atoms with Crippen molar-refractivity contribution in [1.82, 2.24) is 0 Å². The Morgan fingerprint density at radius 2 is 1.08 bits per heavy atom. The van der Waals surface area contributed by atoms with Gasteiger partial charge < -0.3 is 0 Å². The Kier molecular flexibility index (Phi) is 25.3. The van der Waals surface area contributed by atoms with E-state index in [0.29, 0.717) is 0 Å². The third-order valence-corrected chi connectivity index (χ3v) is 3.25. The van der Waals surface area contributed by atoms with Crippen LogP contribution in [0.4, 0.5) is 0 Å². The average Bonchev–Trinajstić information content (AvgIpc) is 2.58. The number of hydrogen-bond donors (Lipinski definition) is 0. The molecular formula is C22H38P2. The molecule has 0 fully saturated rings. The van der Waals surface area contributed by atoms with Crippen LogP contribution in [0.25, 0.3) is 11.1 Å². The summed E-state index contributed by atoms with van der Waals surface area (Å²) in [5.41, 5.74) is 4.93. The van der Waals surface area contributed by atoms with Gasteiger partial charge >= 0.3 is 0 Å². The van der Waals surface area contributed by atoms with E-state index < -0.39 is 0 Å². The molecule has 24 heavy (non-hydrogen) atoms. The molecule has 2 unspecified atom stereocenters. The van der Waals surface area contributed by atoms with Crippen molar-refractivity contribution in [2.45, 2.75) is 36.1 Å². The van der Waals surface area contributed by atoms with Crippen molar-refractivity contribution in [2.75, 3.05) is 6.66 Å². The Hall–Kier alpha value is -1.22. The van der Waals surface area contributed by atoms with Gasteiger partial charge in [0.2, 0.25) is 0 Å².